The van der Waals surface area contributed by atoms with Crippen LogP contribution in [0.25, 0.3) is 32.6 Å². The number of aromatic nitrogens is 4. The van der Waals surface area contributed by atoms with Gasteiger partial charge >= 0.3 is 0 Å². The van der Waals surface area contributed by atoms with Crippen LogP contribution in [-0.2, 0) is 14.6 Å². The van der Waals surface area contributed by atoms with Crippen molar-refractivity contribution >= 4 is 48.2 Å². The number of H-pyrrole nitrogens is 1. The summed E-state index contributed by atoms with van der Waals surface area (Å²) in [5.74, 6) is 0.837. The number of aromatic amines is 1. The highest BCUT2D eigenvalue weighted by molar-refractivity contribution is 7.90. The number of hydrogen-bond acceptors (Lipinski definition) is 8. The maximum absolute atomic E-state index is 14.2. The van der Waals surface area contributed by atoms with Gasteiger partial charge in [-0.25, -0.2) is 32.2 Å². The standard InChI is InChI=1S/C22H23F2N5O3S2/c1-11-10-32-9-8-29(11)22-18-16(15(12(2)34(3,30)31)17(33-18)19(23)24)27-21(28-22)14-5-7-26-20-13(14)4-6-25-20/h4-7,11-12,19H,8-10H2,1-3H3,(H,25,26)/t11-,12?/m1/s1. The number of ether oxygens (including phenoxy) is 1. The largest absolute Gasteiger partial charge is 0.377 e. The number of hydrogen-bond donors (Lipinski definition) is 1. The second-order valence-corrected chi connectivity index (χ2v) is 11.8. The molecule has 12 heteroatoms. The molecule has 0 aromatic carbocycles. The molecule has 2 atom stereocenters. The van der Waals surface area contributed by atoms with Gasteiger partial charge in [0.25, 0.3) is 6.43 Å². The van der Waals surface area contributed by atoms with Gasteiger partial charge in [-0.05, 0) is 26.0 Å². The molecule has 1 fully saturated rings. The van der Waals surface area contributed by atoms with E-state index in [2.05, 4.69) is 9.97 Å². The molecule has 0 radical (unpaired) electrons. The zero-order chi connectivity index (χ0) is 24.2. The third kappa shape index (κ3) is 3.83. The minimum Gasteiger partial charge on any atom is -0.377 e. The Morgan fingerprint density at radius 1 is 1.29 bits per heavy atom. The summed E-state index contributed by atoms with van der Waals surface area (Å²) in [5, 5.41) is -0.363. The number of halogens is 2. The highest BCUT2D eigenvalue weighted by Crippen LogP contribution is 2.46. The average Bonchev–Trinajstić information content (AvgIpc) is 3.42. The number of sulfone groups is 1. The normalized spacial score (nSPS) is 18.3. The Labute approximate surface area is 198 Å². The van der Waals surface area contributed by atoms with Gasteiger partial charge in [-0.2, -0.15) is 0 Å². The first-order valence-corrected chi connectivity index (χ1v) is 13.5. The van der Waals surface area contributed by atoms with E-state index in [9.17, 15) is 17.2 Å². The zero-order valence-corrected chi connectivity index (χ0v) is 20.4. The molecule has 0 aliphatic carbocycles. The topological polar surface area (TPSA) is 101 Å². The van der Waals surface area contributed by atoms with Crippen LogP contribution in [0.2, 0.25) is 0 Å². The Morgan fingerprint density at radius 2 is 2.09 bits per heavy atom. The molecular formula is C22H23F2N5O3S2. The maximum Gasteiger partial charge on any atom is 0.273 e. The van der Waals surface area contributed by atoms with Crippen LogP contribution in [0.1, 0.15) is 36.0 Å². The summed E-state index contributed by atoms with van der Waals surface area (Å²) >= 11 is 0.867. The molecule has 8 nitrogen and oxygen atoms in total. The third-order valence-corrected chi connectivity index (χ3v) is 8.89. The summed E-state index contributed by atoms with van der Waals surface area (Å²) in [6, 6.07) is 3.57. The average molecular weight is 508 g/mol. The van der Waals surface area contributed by atoms with E-state index >= 15 is 0 Å². The Kier molecular flexibility index (Phi) is 5.77. The monoisotopic (exact) mass is 507 g/mol. The summed E-state index contributed by atoms with van der Waals surface area (Å²) in [7, 11) is -3.66. The number of thiophene rings is 1. The van der Waals surface area contributed by atoms with E-state index in [0.717, 1.165) is 23.0 Å². The van der Waals surface area contributed by atoms with Gasteiger partial charge in [-0.15, -0.1) is 11.3 Å². The molecule has 1 saturated heterocycles. The van der Waals surface area contributed by atoms with Gasteiger partial charge < -0.3 is 14.6 Å². The minimum absolute atomic E-state index is 0.0441. The van der Waals surface area contributed by atoms with Gasteiger partial charge in [0.05, 0.1) is 39.6 Å². The molecule has 5 rings (SSSR count). The quantitative estimate of drug-likeness (QED) is 0.424. The molecule has 4 aromatic rings. The minimum atomic E-state index is -3.66. The first-order chi connectivity index (χ1) is 16.2. The first kappa shape index (κ1) is 23.1. The van der Waals surface area contributed by atoms with Gasteiger partial charge in [0.15, 0.2) is 21.5 Å². The van der Waals surface area contributed by atoms with Gasteiger partial charge in [0.2, 0.25) is 0 Å². The van der Waals surface area contributed by atoms with Crippen molar-refractivity contribution in [3.8, 4) is 11.4 Å². The van der Waals surface area contributed by atoms with Crippen LogP contribution in [-0.4, -0.2) is 60.4 Å². The number of pyridine rings is 1. The van der Waals surface area contributed by atoms with Crippen LogP contribution in [0.3, 0.4) is 0 Å². The molecule has 5 heterocycles. The van der Waals surface area contributed by atoms with Crippen molar-refractivity contribution in [1.82, 2.24) is 19.9 Å². The first-order valence-electron chi connectivity index (χ1n) is 10.7. The van der Waals surface area contributed by atoms with E-state index in [1.54, 1.807) is 18.5 Å². The van der Waals surface area contributed by atoms with Crippen LogP contribution < -0.4 is 4.90 Å². The Bertz CT molecular complexity index is 1480. The number of fused-ring (bicyclic) bond motifs is 2. The molecule has 4 aromatic heterocycles. The molecule has 1 aliphatic heterocycles. The second kappa shape index (κ2) is 8.51. The molecule has 1 aliphatic rings. The number of alkyl halides is 2. The number of rotatable bonds is 5. The van der Waals surface area contributed by atoms with Gasteiger partial charge in [-0.1, -0.05) is 0 Å². The van der Waals surface area contributed by atoms with E-state index in [1.807, 2.05) is 17.9 Å². The van der Waals surface area contributed by atoms with Crippen LogP contribution >= 0.6 is 11.3 Å². The Hall–Kier alpha value is -2.70. The van der Waals surface area contributed by atoms with E-state index in [1.165, 1.54) is 6.92 Å². The number of anilines is 1. The van der Waals surface area contributed by atoms with Crippen molar-refractivity contribution in [3.05, 3.63) is 35.0 Å². The smallest absolute Gasteiger partial charge is 0.273 e. The fraction of sp³-hybridized carbons (Fsp3) is 0.409. The van der Waals surface area contributed by atoms with Gasteiger partial charge in [-0.3, -0.25) is 0 Å². The van der Waals surface area contributed by atoms with E-state index in [-0.39, 0.29) is 22.0 Å². The van der Waals surface area contributed by atoms with Crippen LogP contribution in [0.4, 0.5) is 14.6 Å². The Morgan fingerprint density at radius 3 is 2.79 bits per heavy atom. The molecule has 0 bridgehead atoms. The number of nitrogens with one attached hydrogen (secondary N) is 1. The van der Waals surface area contributed by atoms with Crippen LogP contribution in [0.5, 0.6) is 0 Å². The molecule has 0 saturated carbocycles. The van der Waals surface area contributed by atoms with Crippen molar-refractivity contribution in [2.45, 2.75) is 31.6 Å². The van der Waals surface area contributed by atoms with Crippen LogP contribution in [0, 0.1) is 0 Å². The molecule has 180 valence electrons. The van der Waals surface area contributed by atoms with Crippen molar-refractivity contribution in [2.24, 2.45) is 0 Å². The molecule has 1 N–H and O–H groups in total. The Balaban J connectivity index is 1.86. The second-order valence-electron chi connectivity index (χ2n) is 8.42. The third-order valence-electron chi connectivity index (χ3n) is 6.17. The van der Waals surface area contributed by atoms with Gasteiger partial charge in [0.1, 0.15) is 5.65 Å². The molecule has 34 heavy (non-hydrogen) atoms. The molecular weight excluding hydrogens is 484 g/mol. The fourth-order valence-electron chi connectivity index (χ4n) is 4.28. The summed E-state index contributed by atoms with van der Waals surface area (Å²) in [6.07, 6.45) is 1.59. The van der Waals surface area contributed by atoms with Crippen molar-refractivity contribution in [1.29, 1.82) is 0 Å². The predicted molar refractivity (Wildman–Crippen MR) is 128 cm³/mol. The van der Waals surface area contributed by atoms with Crippen molar-refractivity contribution in [3.63, 3.8) is 0 Å². The lowest BCUT2D eigenvalue weighted by Crippen LogP contribution is -2.44. The van der Waals surface area contributed by atoms with E-state index in [4.69, 9.17) is 14.7 Å². The summed E-state index contributed by atoms with van der Waals surface area (Å²) in [6.45, 7) is 4.88. The SMILES string of the molecule is CC(c1c(C(F)F)sc2c(N3CCOC[C@H]3C)nc(-c3ccnc4[nH]ccc34)nc12)S(C)(=O)=O. The van der Waals surface area contributed by atoms with Crippen molar-refractivity contribution in [2.75, 3.05) is 30.9 Å². The fourth-order valence-corrected chi connectivity index (χ4v) is 6.22. The van der Waals surface area contributed by atoms with E-state index < -0.39 is 21.5 Å². The highest BCUT2D eigenvalue weighted by Gasteiger charge is 2.33. The lowest BCUT2D eigenvalue weighted by Gasteiger charge is -2.34. The van der Waals surface area contributed by atoms with Crippen LogP contribution in [0.15, 0.2) is 24.5 Å². The summed E-state index contributed by atoms with van der Waals surface area (Å²) in [5.41, 5.74) is 1.61. The summed E-state index contributed by atoms with van der Waals surface area (Å²) < 4.78 is 59.3. The molecule has 1 unspecified atom stereocenters. The molecule has 0 amide bonds. The highest BCUT2D eigenvalue weighted by atomic mass is 32.2. The van der Waals surface area contributed by atoms with Gasteiger partial charge in [0, 0.05) is 41.7 Å². The number of nitrogens with zero attached hydrogens (tertiary/aromatic N) is 4. The summed E-state index contributed by atoms with van der Waals surface area (Å²) in [4.78, 5) is 18.6. The number of morpholine rings is 1. The zero-order valence-electron chi connectivity index (χ0n) is 18.7. The predicted octanol–water partition coefficient (Wildman–Crippen LogP) is 4.50. The van der Waals surface area contributed by atoms with E-state index in [0.29, 0.717) is 47.3 Å². The molecule has 0 spiro atoms. The van der Waals surface area contributed by atoms with Crippen molar-refractivity contribution < 1.29 is 21.9 Å². The lowest BCUT2D eigenvalue weighted by molar-refractivity contribution is 0.0987. The lowest BCUT2D eigenvalue weighted by atomic mass is 10.1. The maximum atomic E-state index is 14.2.